The molecular weight excluding hydrogens is 254 g/mol. The van der Waals surface area contributed by atoms with Crippen LogP contribution in [0.2, 0.25) is 0 Å². The molecule has 0 bridgehead atoms. The Morgan fingerprint density at radius 2 is 1.95 bits per heavy atom. The van der Waals surface area contributed by atoms with E-state index in [0.29, 0.717) is 6.04 Å². The molecule has 0 aliphatic heterocycles. The quantitative estimate of drug-likeness (QED) is 0.583. The highest BCUT2D eigenvalue weighted by atomic mass is 16.6. The van der Waals surface area contributed by atoms with Gasteiger partial charge in [-0.3, -0.25) is 15.0 Å². The summed E-state index contributed by atoms with van der Waals surface area (Å²) in [6.45, 7) is 7.89. The molecule has 1 aromatic rings. The number of nitrogens with zero attached hydrogens (tertiary/aromatic N) is 2. The predicted molar refractivity (Wildman–Crippen MR) is 83.1 cm³/mol. The Hall–Kier alpha value is -1.62. The van der Waals surface area contributed by atoms with Gasteiger partial charge < -0.3 is 5.32 Å². The smallest absolute Gasteiger partial charge is 0.269 e. The number of non-ortho nitro benzene ring substituents is 1. The maximum absolute atomic E-state index is 10.9. The predicted octanol–water partition coefficient (Wildman–Crippen LogP) is 3.65. The summed E-state index contributed by atoms with van der Waals surface area (Å²) in [6, 6.07) is 5.54. The van der Waals surface area contributed by atoms with Gasteiger partial charge in [0.05, 0.1) is 4.92 Å². The summed E-state index contributed by atoms with van der Waals surface area (Å²) >= 11 is 0. The van der Waals surface area contributed by atoms with E-state index < -0.39 is 0 Å². The maximum atomic E-state index is 10.9. The van der Waals surface area contributed by atoms with Crippen LogP contribution in [0, 0.1) is 10.1 Å². The molecule has 0 spiro atoms. The largest absolute Gasteiger partial charge is 0.385 e. The van der Waals surface area contributed by atoms with Gasteiger partial charge in [0, 0.05) is 37.0 Å². The van der Waals surface area contributed by atoms with Crippen LogP contribution in [0.25, 0.3) is 0 Å². The fraction of sp³-hybridized carbons (Fsp3) is 0.600. The van der Waals surface area contributed by atoms with E-state index in [2.05, 4.69) is 31.1 Å². The highest BCUT2D eigenvalue weighted by Crippen LogP contribution is 2.24. The number of nitrogens with one attached hydrogen (secondary N) is 1. The van der Waals surface area contributed by atoms with Crippen molar-refractivity contribution in [2.45, 2.75) is 46.2 Å². The van der Waals surface area contributed by atoms with E-state index >= 15 is 0 Å². The number of benzene rings is 1. The average Bonchev–Trinajstić information content (AvgIpc) is 2.42. The van der Waals surface area contributed by atoms with Crippen LogP contribution in [-0.2, 0) is 6.54 Å². The van der Waals surface area contributed by atoms with Crippen molar-refractivity contribution < 1.29 is 4.92 Å². The van der Waals surface area contributed by atoms with Crippen LogP contribution >= 0.6 is 0 Å². The zero-order chi connectivity index (χ0) is 15.1. The van der Waals surface area contributed by atoms with Crippen molar-refractivity contribution in [3.63, 3.8) is 0 Å². The molecule has 0 amide bonds. The zero-order valence-corrected chi connectivity index (χ0v) is 12.8. The lowest BCUT2D eigenvalue weighted by molar-refractivity contribution is -0.384. The van der Waals surface area contributed by atoms with Crippen LogP contribution in [0.1, 0.15) is 39.2 Å². The summed E-state index contributed by atoms with van der Waals surface area (Å²) in [6.07, 6.45) is 2.16. The number of hydrogen-bond donors (Lipinski definition) is 1. The van der Waals surface area contributed by atoms with Gasteiger partial charge in [0.1, 0.15) is 0 Å². The van der Waals surface area contributed by atoms with Gasteiger partial charge in [-0.1, -0.05) is 13.8 Å². The number of anilines is 1. The molecule has 5 heteroatoms. The molecule has 0 fully saturated rings. The fourth-order valence-corrected chi connectivity index (χ4v) is 2.50. The van der Waals surface area contributed by atoms with Crippen molar-refractivity contribution in [3.05, 3.63) is 33.9 Å². The lowest BCUT2D eigenvalue weighted by atomic mass is 10.1. The second-order valence-electron chi connectivity index (χ2n) is 5.01. The average molecular weight is 279 g/mol. The Kier molecular flexibility index (Phi) is 6.45. The Labute approximate surface area is 121 Å². The minimum atomic E-state index is -0.337. The molecular formula is C15H25N3O2. The second kappa shape index (κ2) is 7.85. The molecule has 0 saturated heterocycles. The van der Waals surface area contributed by atoms with Crippen molar-refractivity contribution in [1.82, 2.24) is 4.90 Å². The minimum Gasteiger partial charge on any atom is -0.385 e. The Morgan fingerprint density at radius 3 is 2.45 bits per heavy atom. The first-order valence-corrected chi connectivity index (χ1v) is 7.24. The van der Waals surface area contributed by atoms with Crippen LogP contribution in [0.15, 0.2) is 18.2 Å². The van der Waals surface area contributed by atoms with E-state index in [-0.39, 0.29) is 10.6 Å². The van der Waals surface area contributed by atoms with Gasteiger partial charge in [-0.15, -0.1) is 0 Å². The van der Waals surface area contributed by atoms with Gasteiger partial charge in [0.25, 0.3) is 5.69 Å². The molecule has 20 heavy (non-hydrogen) atoms. The second-order valence-corrected chi connectivity index (χ2v) is 5.01. The molecule has 1 N–H and O–H groups in total. The summed E-state index contributed by atoms with van der Waals surface area (Å²) in [7, 11) is 2.08. The topological polar surface area (TPSA) is 58.4 Å². The summed E-state index contributed by atoms with van der Waals surface area (Å²) in [4.78, 5) is 12.9. The SMILES string of the molecule is CCNc1ccc([N+](=O)[O-])cc1CN(C)C(CC)CC. The standard InChI is InChI=1S/C15H25N3O2/c1-5-13(6-2)17(4)11-12-10-14(18(19)20)8-9-15(12)16-7-3/h8-10,13,16H,5-7,11H2,1-4H3. The molecule has 0 saturated carbocycles. The summed E-state index contributed by atoms with van der Waals surface area (Å²) < 4.78 is 0. The summed E-state index contributed by atoms with van der Waals surface area (Å²) in [5.74, 6) is 0. The number of nitro benzene ring substituents is 1. The summed E-state index contributed by atoms with van der Waals surface area (Å²) in [5.41, 5.74) is 2.12. The molecule has 0 radical (unpaired) electrons. The molecule has 5 nitrogen and oxygen atoms in total. The van der Waals surface area contributed by atoms with Crippen molar-refractivity contribution in [1.29, 1.82) is 0 Å². The van der Waals surface area contributed by atoms with Crippen molar-refractivity contribution in [2.75, 3.05) is 18.9 Å². The van der Waals surface area contributed by atoms with E-state index in [1.807, 2.05) is 6.92 Å². The molecule has 0 aliphatic carbocycles. The molecule has 1 rings (SSSR count). The normalized spacial score (nSPS) is 11.1. The van der Waals surface area contributed by atoms with Crippen LogP contribution in [0.3, 0.4) is 0 Å². The zero-order valence-electron chi connectivity index (χ0n) is 12.8. The van der Waals surface area contributed by atoms with Crippen LogP contribution in [-0.4, -0.2) is 29.5 Å². The third-order valence-electron chi connectivity index (χ3n) is 3.65. The van der Waals surface area contributed by atoms with Crippen molar-refractivity contribution in [3.8, 4) is 0 Å². The number of nitro groups is 1. The van der Waals surface area contributed by atoms with Crippen LogP contribution in [0.5, 0.6) is 0 Å². The molecule has 1 aromatic carbocycles. The van der Waals surface area contributed by atoms with Crippen LogP contribution < -0.4 is 5.32 Å². The van der Waals surface area contributed by atoms with E-state index in [9.17, 15) is 10.1 Å². The number of hydrogen-bond acceptors (Lipinski definition) is 4. The highest BCUT2D eigenvalue weighted by Gasteiger charge is 2.15. The third kappa shape index (κ3) is 4.20. The fourth-order valence-electron chi connectivity index (χ4n) is 2.50. The van der Waals surface area contributed by atoms with Gasteiger partial charge in [0.2, 0.25) is 0 Å². The Bertz CT molecular complexity index is 445. The molecule has 0 unspecified atom stereocenters. The molecule has 0 atom stereocenters. The minimum absolute atomic E-state index is 0.152. The third-order valence-corrected chi connectivity index (χ3v) is 3.65. The van der Waals surface area contributed by atoms with Gasteiger partial charge in [0.15, 0.2) is 0 Å². The van der Waals surface area contributed by atoms with Gasteiger partial charge in [-0.05, 0) is 38.4 Å². The summed E-state index contributed by atoms with van der Waals surface area (Å²) in [5, 5.41) is 14.2. The van der Waals surface area contributed by atoms with Gasteiger partial charge in [-0.25, -0.2) is 0 Å². The molecule has 112 valence electrons. The Balaban J connectivity index is 3.00. The first-order valence-electron chi connectivity index (χ1n) is 7.24. The lowest BCUT2D eigenvalue weighted by Gasteiger charge is -2.27. The highest BCUT2D eigenvalue weighted by molar-refractivity contribution is 5.56. The van der Waals surface area contributed by atoms with E-state index in [4.69, 9.17) is 0 Å². The Morgan fingerprint density at radius 1 is 1.30 bits per heavy atom. The molecule has 0 heterocycles. The van der Waals surface area contributed by atoms with E-state index in [0.717, 1.165) is 37.2 Å². The van der Waals surface area contributed by atoms with Gasteiger partial charge in [-0.2, -0.15) is 0 Å². The molecule has 0 aliphatic rings. The number of rotatable bonds is 8. The first-order chi connectivity index (χ1) is 9.53. The van der Waals surface area contributed by atoms with Crippen molar-refractivity contribution >= 4 is 11.4 Å². The van der Waals surface area contributed by atoms with E-state index in [1.165, 1.54) is 0 Å². The first kappa shape index (κ1) is 16.4. The monoisotopic (exact) mass is 279 g/mol. The van der Waals surface area contributed by atoms with Crippen molar-refractivity contribution in [2.24, 2.45) is 0 Å². The van der Waals surface area contributed by atoms with Crippen LogP contribution in [0.4, 0.5) is 11.4 Å². The maximum Gasteiger partial charge on any atom is 0.269 e. The van der Waals surface area contributed by atoms with Gasteiger partial charge >= 0.3 is 0 Å². The van der Waals surface area contributed by atoms with E-state index in [1.54, 1.807) is 18.2 Å². The molecule has 0 aromatic heterocycles. The lowest BCUT2D eigenvalue weighted by Crippen LogP contribution is -2.30.